The number of nitrogens with zero attached hydrogens (tertiary/aromatic N) is 3. The third kappa shape index (κ3) is 2.70. The number of hydrogen-bond donors (Lipinski definition) is 2. The molecule has 0 spiro atoms. The molecule has 0 radical (unpaired) electrons. The third-order valence-corrected chi connectivity index (χ3v) is 3.17. The summed E-state index contributed by atoms with van der Waals surface area (Å²) in [5, 5.41) is 7.24. The van der Waals surface area contributed by atoms with Crippen LogP contribution in [0.3, 0.4) is 0 Å². The predicted molar refractivity (Wildman–Crippen MR) is 81.4 cm³/mol. The molecule has 3 N–H and O–H groups in total. The summed E-state index contributed by atoms with van der Waals surface area (Å²) in [5.41, 5.74) is 7.85. The lowest BCUT2D eigenvalue weighted by molar-refractivity contribution is 0.101. The molecule has 0 saturated heterocycles. The number of nitrogens with two attached hydrogens (primary N) is 1. The minimum absolute atomic E-state index is 0.317. The molecule has 0 aliphatic heterocycles. The molecule has 1 amide bonds. The van der Waals surface area contributed by atoms with Gasteiger partial charge >= 0.3 is 0 Å². The monoisotopic (exact) mass is 293 g/mol. The minimum Gasteiger partial charge on any atom is -0.396 e. The van der Waals surface area contributed by atoms with Gasteiger partial charge in [0, 0.05) is 26.8 Å². The van der Waals surface area contributed by atoms with Gasteiger partial charge in [-0.3, -0.25) is 9.48 Å². The fraction of sp³-hybridized carbons (Fsp3) is 0.231. The van der Waals surface area contributed by atoms with Crippen molar-refractivity contribution in [3.05, 3.63) is 35.1 Å². The van der Waals surface area contributed by atoms with Gasteiger partial charge in [-0.1, -0.05) is 11.6 Å². The summed E-state index contributed by atoms with van der Waals surface area (Å²) in [4.78, 5) is 14.0. The zero-order chi connectivity index (χ0) is 14.9. The van der Waals surface area contributed by atoms with Crippen LogP contribution in [-0.2, 0) is 7.05 Å². The zero-order valence-electron chi connectivity index (χ0n) is 11.5. The average molecular weight is 294 g/mol. The molecule has 20 heavy (non-hydrogen) atoms. The van der Waals surface area contributed by atoms with Gasteiger partial charge in [0.15, 0.2) is 0 Å². The van der Waals surface area contributed by atoms with E-state index in [1.54, 1.807) is 19.2 Å². The smallest absolute Gasteiger partial charge is 0.276 e. The Labute approximate surface area is 122 Å². The van der Waals surface area contributed by atoms with Crippen molar-refractivity contribution in [3.63, 3.8) is 0 Å². The number of amides is 1. The molecule has 0 aliphatic carbocycles. The largest absolute Gasteiger partial charge is 0.396 e. The van der Waals surface area contributed by atoms with E-state index < -0.39 is 0 Å². The second kappa shape index (κ2) is 5.42. The highest BCUT2D eigenvalue weighted by Crippen LogP contribution is 2.27. The first-order chi connectivity index (χ1) is 9.40. The number of benzene rings is 1. The van der Waals surface area contributed by atoms with E-state index in [-0.39, 0.29) is 5.91 Å². The summed E-state index contributed by atoms with van der Waals surface area (Å²) < 4.78 is 1.43. The maximum Gasteiger partial charge on any atom is 0.276 e. The van der Waals surface area contributed by atoms with Gasteiger partial charge in [0.2, 0.25) is 0 Å². The summed E-state index contributed by atoms with van der Waals surface area (Å²) in [5.74, 6) is -0.323. The summed E-state index contributed by atoms with van der Waals surface area (Å²) >= 11 is 6.16. The first-order valence-corrected chi connectivity index (χ1v) is 6.33. The van der Waals surface area contributed by atoms with Crippen molar-refractivity contribution in [2.45, 2.75) is 0 Å². The molecule has 2 aromatic rings. The van der Waals surface area contributed by atoms with Crippen molar-refractivity contribution < 1.29 is 4.79 Å². The van der Waals surface area contributed by atoms with Crippen LogP contribution in [0.5, 0.6) is 0 Å². The Balaban J connectivity index is 2.23. The van der Waals surface area contributed by atoms with Gasteiger partial charge in [-0.15, -0.1) is 0 Å². The number of hydrogen-bond acceptors (Lipinski definition) is 4. The second-order valence-corrected chi connectivity index (χ2v) is 4.99. The standard InChI is InChI=1S/C13H16ClN5O/c1-18(2)11-5-4-8(6-9(11)14)17-13(20)12-10(15)7-16-19(12)3/h4-7H,15H2,1-3H3,(H,17,20). The topological polar surface area (TPSA) is 76.2 Å². The Hall–Kier alpha value is -2.21. The van der Waals surface area contributed by atoms with E-state index in [1.165, 1.54) is 10.9 Å². The van der Waals surface area contributed by atoms with Crippen LogP contribution >= 0.6 is 11.6 Å². The van der Waals surface area contributed by atoms with E-state index >= 15 is 0 Å². The van der Waals surface area contributed by atoms with Crippen molar-refractivity contribution >= 4 is 34.6 Å². The maximum atomic E-state index is 12.1. The number of aromatic nitrogens is 2. The highest BCUT2D eigenvalue weighted by atomic mass is 35.5. The Bertz CT molecular complexity index is 631. The summed E-state index contributed by atoms with van der Waals surface area (Å²) in [7, 11) is 5.46. The minimum atomic E-state index is -0.323. The molecule has 0 unspecified atom stereocenters. The van der Waals surface area contributed by atoms with Crippen molar-refractivity contribution in [1.82, 2.24) is 9.78 Å². The van der Waals surface area contributed by atoms with E-state index in [2.05, 4.69) is 10.4 Å². The van der Waals surface area contributed by atoms with Gasteiger partial charge in [0.25, 0.3) is 5.91 Å². The molecule has 1 heterocycles. The van der Waals surface area contributed by atoms with Crippen LogP contribution in [0, 0.1) is 0 Å². The highest BCUT2D eigenvalue weighted by Gasteiger charge is 2.15. The quantitative estimate of drug-likeness (QED) is 0.907. The third-order valence-electron chi connectivity index (χ3n) is 2.87. The van der Waals surface area contributed by atoms with Gasteiger partial charge in [0.1, 0.15) is 5.69 Å². The molecule has 0 fully saturated rings. The van der Waals surface area contributed by atoms with Crippen LogP contribution in [0.2, 0.25) is 5.02 Å². The van der Waals surface area contributed by atoms with Crippen molar-refractivity contribution in [2.75, 3.05) is 30.0 Å². The van der Waals surface area contributed by atoms with E-state index in [1.807, 2.05) is 25.1 Å². The Morgan fingerprint density at radius 3 is 2.65 bits per heavy atom. The molecule has 6 nitrogen and oxygen atoms in total. The number of nitrogens with one attached hydrogen (secondary N) is 1. The normalized spacial score (nSPS) is 10.4. The molecule has 106 valence electrons. The Kier molecular flexibility index (Phi) is 3.85. The molecular formula is C13H16ClN5O. The average Bonchev–Trinajstić information content (AvgIpc) is 2.68. The lowest BCUT2D eigenvalue weighted by atomic mass is 10.2. The van der Waals surface area contributed by atoms with Crippen molar-refractivity contribution in [2.24, 2.45) is 7.05 Å². The summed E-state index contributed by atoms with van der Waals surface area (Å²) in [6.45, 7) is 0. The van der Waals surface area contributed by atoms with E-state index in [4.69, 9.17) is 17.3 Å². The summed E-state index contributed by atoms with van der Waals surface area (Å²) in [6.07, 6.45) is 1.44. The SMILES string of the molecule is CN(C)c1ccc(NC(=O)c2c(N)cnn2C)cc1Cl. The van der Waals surface area contributed by atoms with Crippen LogP contribution in [0.1, 0.15) is 10.5 Å². The first-order valence-electron chi connectivity index (χ1n) is 5.96. The maximum absolute atomic E-state index is 12.1. The van der Waals surface area contributed by atoms with Gasteiger partial charge in [-0.25, -0.2) is 0 Å². The lowest BCUT2D eigenvalue weighted by Gasteiger charge is -2.15. The van der Waals surface area contributed by atoms with Gasteiger partial charge in [-0.2, -0.15) is 5.10 Å². The molecule has 7 heteroatoms. The molecule has 1 aromatic heterocycles. The number of nitrogen functional groups attached to an aromatic ring is 1. The number of carbonyl (C=O) groups excluding carboxylic acids is 1. The highest BCUT2D eigenvalue weighted by molar-refractivity contribution is 6.33. The molecule has 0 bridgehead atoms. The van der Waals surface area contributed by atoms with E-state index in [0.29, 0.717) is 22.1 Å². The molecule has 0 saturated carbocycles. The van der Waals surface area contributed by atoms with Crippen molar-refractivity contribution in [3.8, 4) is 0 Å². The Morgan fingerprint density at radius 1 is 1.45 bits per heavy atom. The molecule has 1 aromatic carbocycles. The molecule has 0 aliphatic rings. The van der Waals surface area contributed by atoms with E-state index in [9.17, 15) is 4.79 Å². The molecule has 2 rings (SSSR count). The fourth-order valence-electron chi connectivity index (χ4n) is 1.87. The number of carbonyl (C=O) groups is 1. The van der Waals surface area contributed by atoms with Crippen LogP contribution in [0.15, 0.2) is 24.4 Å². The van der Waals surface area contributed by atoms with Gasteiger partial charge in [0.05, 0.1) is 22.6 Å². The second-order valence-electron chi connectivity index (χ2n) is 4.59. The lowest BCUT2D eigenvalue weighted by Crippen LogP contribution is -2.18. The van der Waals surface area contributed by atoms with Crippen LogP contribution < -0.4 is 16.0 Å². The summed E-state index contributed by atoms with van der Waals surface area (Å²) in [6, 6.07) is 5.32. The fourth-order valence-corrected chi connectivity index (χ4v) is 2.22. The Morgan fingerprint density at radius 2 is 2.15 bits per heavy atom. The van der Waals surface area contributed by atoms with Gasteiger partial charge < -0.3 is 16.0 Å². The van der Waals surface area contributed by atoms with Crippen LogP contribution in [-0.4, -0.2) is 29.8 Å². The first kappa shape index (κ1) is 14.2. The molecular weight excluding hydrogens is 278 g/mol. The number of rotatable bonds is 3. The predicted octanol–water partition coefficient (Wildman–Crippen LogP) is 1.97. The van der Waals surface area contributed by atoms with Crippen LogP contribution in [0.25, 0.3) is 0 Å². The number of aryl methyl sites for hydroxylation is 1. The molecule has 0 atom stereocenters. The van der Waals surface area contributed by atoms with Gasteiger partial charge in [-0.05, 0) is 18.2 Å². The zero-order valence-corrected chi connectivity index (χ0v) is 12.3. The van der Waals surface area contributed by atoms with Crippen LogP contribution in [0.4, 0.5) is 17.1 Å². The number of halogens is 1. The van der Waals surface area contributed by atoms with Crippen molar-refractivity contribution in [1.29, 1.82) is 0 Å². The van der Waals surface area contributed by atoms with E-state index in [0.717, 1.165) is 5.69 Å². The number of anilines is 3.